The third-order valence-corrected chi connectivity index (χ3v) is 5.30. The second-order valence-corrected chi connectivity index (χ2v) is 7.73. The van der Waals surface area contributed by atoms with Crippen LogP contribution in [0.25, 0.3) is 0 Å². The summed E-state index contributed by atoms with van der Waals surface area (Å²) in [5.41, 5.74) is 3.26. The van der Waals surface area contributed by atoms with Gasteiger partial charge >= 0.3 is 0 Å². The number of ether oxygens (including phenoxy) is 1. The molecule has 1 aliphatic rings. The van der Waals surface area contributed by atoms with Crippen molar-refractivity contribution in [2.75, 3.05) is 25.0 Å². The fourth-order valence-corrected chi connectivity index (χ4v) is 3.43. The van der Waals surface area contributed by atoms with Crippen molar-refractivity contribution in [1.29, 1.82) is 0 Å². The molecule has 0 bridgehead atoms. The molecule has 0 spiro atoms. The summed E-state index contributed by atoms with van der Waals surface area (Å²) in [5.74, 6) is 1.37. The molecule has 0 aliphatic carbocycles. The first-order chi connectivity index (χ1) is 13.9. The maximum Gasteiger partial charge on any atom is 0.228 e. The van der Waals surface area contributed by atoms with Crippen LogP contribution in [0.15, 0.2) is 36.5 Å². The molecule has 154 valence electrons. The number of hydrogen-bond donors (Lipinski definition) is 1. The minimum atomic E-state index is -0.0895. The quantitative estimate of drug-likeness (QED) is 0.810. The number of anilines is 1. The van der Waals surface area contributed by atoms with E-state index in [0.717, 1.165) is 22.4 Å². The lowest BCUT2D eigenvalue weighted by Gasteiger charge is -2.31. The maximum atomic E-state index is 12.5. The number of aryl methyl sites for hydroxylation is 3. The predicted octanol–water partition coefficient (Wildman–Crippen LogP) is 3.65. The Morgan fingerprint density at radius 2 is 1.83 bits per heavy atom. The first-order valence-electron chi connectivity index (χ1n) is 10.1. The fourth-order valence-electron chi connectivity index (χ4n) is 3.43. The third kappa shape index (κ3) is 5.79. The third-order valence-electron chi connectivity index (χ3n) is 5.30. The van der Waals surface area contributed by atoms with Crippen molar-refractivity contribution >= 4 is 17.6 Å². The average Bonchev–Trinajstić information content (AvgIpc) is 2.72. The van der Waals surface area contributed by atoms with Crippen molar-refractivity contribution in [2.24, 2.45) is 5.92 Å². The SMILES string of the molecule is Cc1ccc(NC(=O)C2CCN(C(=O)CCOc3cc(C)ccc3C)CC2)nc1. The van der Waals surface area contributed by atoms with E-state index in [2.05, 4.69) is 10.3 Å². The summed E-state index contributed by atoms with van der Waals surface area (Å²) in [6.45, 7) is 7.54. The summed E-state index contributed by atoms with van der Waals surface area (Å²) in [7, 11) is 0. The van der Waals surface area contributed by atoms with Crippen LogP contribution >= 0.6 is 0 Å². The van der Waals surface area contributed by atoms with E-state index < -0.39 is 0 Å². The van der Waals surface area contributed by atoms with Gasteiger partial charge in [-0.25, -0.2) is 4.98 Å². The molecule has 0 saturated carbocycles. The van der Waals surface area contributed by atoms with E-state index in [1.807, 2.05) is 56.0 Å². The van der Waals surface area contributed by atoms with Crippen LogP contribution < -0.4 is 10.1 Å². The Bertz CT molecular complexity index is 856. The zero-order valence-electron chi connectivity index (χ0n) is 17.4. The van der Waals surface area contributed by atoms with Gasteiger partial charge in [0, 0.05) is 25.2 Å². The lowest BCUT2D eigenvalue weighted by Crippen LogP contribution is -2.41. The molecule has 2 heterocycles. The molecule has 0 radical (unpaired) electrons. The molecule has 1 saturated heterocycles. The number of piperidine rings is 1. The molecule has 2 aromatic rings. The number of carbonyl (C=O) groups excluding carboxylic acids is 2. The van der Waals surface area contributed by atoms with E-state index in [1.165, 1.54) is 0 Å². The van der Waals surface area contributed by atoms with E-state index in [0.29, 0.717) is 44.8 Å². The number of likely N-dealkylation sites (tertiary alicyclic amines) is 1. The lowest BCUT2D eigenvalue weighted by atomic mass is 9.95. The second kappa shape index (κ2) is 9.54. The van der Waals surface area contributed by atoms with Crippen molar-refractivity contribution in [3.05, 3.63) is 53.2 Å². The Balaban J connectivity index is 1.41. The Morgan fingerprint density at radius 1 is 1.10 bits per heavy atom. The lowest BCUT2D eigenvalue weighted by molar-refractivity contribution is -0.135. The largest absolute Gasteiger partial charge is 0.493 e. The van der Waals surface area contributed by atoms with Crippen molar-refractivity contribution < 1.29 is 14.3 Å². The Morgan fingerprint density at radius 3 is 2.52 bits per heavy atom. The van der Waals surface area contributed by atoms with Gasteiger partial charge < -0.3 is 15.0 Å². The van der Waals surface area contributed by atoms with Crippen LogP contribution in [0.1, 0.15) is 36.0 Å². The van der Waals surface area contributed by atoms with Crippen LogP contribution in [0.2, 0.25) is 0 Å². The normalized spacial score (nSPS) is 14.5. The van der Waals surface area contributed by atoms with Gasteiger partial charge in [-0.2, -0.15) is 0 Å². The maximum absolute atomic E-state index is 12.5. The number of pyridine rings is 1. The van der Waals surface area contributed by atoms with Gasteiger partial charge in [-0.3, -0.25) is 9.59 Å². The molecule has 1 aliphatic heterocycles. The topological polar surface area (TPSA) is 71.5 Å². The summed E-state index contributed by atoms with van der Waals surface area (Å²) < 4.78 is 5.79. The Hall–Kier alpha value is -2.89. The van der Waals surface area contributed by atoms with Crippen LogP contribution in [-0.2, 0) is 9.59 Å². The summed E-state index contributed by atoms with van der Waals surface area (Å²) in [6, 6.07) is 9.79. The number of carbonyl (C=O) groups is 2. The van der Waals surface area contributed by atoms with Gasteiger partial charge in [0.15, 0.2) is 0 Å². The highest BCUT2D eigenvalue weighted by Crippen LogP contribution is 2.21. The number of rotatable bonds is 6. The van der Waals surface area contributed by atoms with Gasteiger partial charge in [-0.1, -0.05) is 18.2 Å². The highest BCUT2D eigenvalue weighted by Gasteiger charge is 2.27. The number of aromatic nitrogens is 1. The molecule has 6 heteroatoms. The molecule has 1 fully saturated rings. The van der Waals surface area contributed by atoms with Crippen molar-refractivity contribution in [2.45, 2.75) is 40.0 Å². The first-order valence-corrected chi connectivity index (χ1v) is 10.1. The van der Waals surface area contributed by atoms with Gasteiger partial charge in [0.2, 0.25) is 11.8 Å². The number of nitrogens with one attached hydrogen (secondary N) is 1. The number of benzene rings is 1. The number of nitrogens with zero attached hydrogens (tertiary/aromatic N) is 2. The molecular weight excluding hydrogens is 366 g/mol. The summed E-state index contributed by atoms with van der Waals surface area (Å²) in [4.78, 5) is 31.0. The molecule has 0 atom stereocenters. The number of hydrogen-bond acceptors (Lipinski definition) is 4. The van der Waals surface area contributed by atoms with E-state index in [1.54, 1.807) is 6.20 Å². The Labute approximate surface area is 172 Å². The highest BCUT2D eigenvalue weighted by atomic mass is 16.5. The summed E-state index contributed by atoms with van der Waals surface area (Å²) in [5, 5.41) is 2.87. The predicted molar refractivity (Wildman–Crippen MR) is 113 cm³/mol. The van der Waals surface area contributed by atoms with E-state index in [4.69, 9.17) is 4.74 Å². The zero-order chi connectivity index (χ0) is 20.8. The van der Waals surface area contributed by atoms with Gasteiger partial charge in [0.05, 0.1) is 13.0 Å². The van der Waals surface area contributed by atoms with Gasteiger partial charge in [0.25, 0.3) is 0 Å². The molecular formula is C23H29N3O3. The summed E-state index contributed by atoms with van der Waals surface area (Å²) in [6.07, 6.45) is 3.41. The minimum Gasteiger partial charge on any atom is -0.493 e. The minimum absolute atomic E-state index is 0.0216. The molecule has 6 nitrogen and oxygen atoms in total. The van der Waals surface area contributed by atoms with E-state index in [9.17, 15) is 9.59 Å². The van der Waals surface area contributed by atoms with Crippen molar-refractivity contribution in [3.8, 4) is 5.75 Å². The zero-order valence-corrected chi connectivity index (χ0v) is 17.4. The van der Waals surface area contributed by atoms with E-state index >= 15 is 0 Å². The van der Waals surface area contributed by atoms with Crippen molar-refractivity contribution in [3.63, 3.8) is 0 Å². The second-order valence-electron chi connectivity index (χ2n) is 7.73. The molecule has 1 aromatic carbocycles. The van der Waals surface area contributed by atoms with E-state index in [-0.39, 0.29) is 17.7 Å². The van der Waals surface area contributed by atoms with Gasteiger partial charge in [0.1, 0.15) is 11.6 Å². The molecule has 2 amide bonds. The smallest absolute Gasteiger partial charge is 0.228 e. The number of amides is 2. The van der Waals surface area contributed by atoms with Crippen LogP contribution in [0, 0.1) is 26.7 Å². The van der Waals surface area contributed by atoms with Crippen LogP contribution in [0.4, 0.5) is 5.82 Å². The van der Waals surface area contributed by atoms with Crippen LogP contribution in [0.3, 0.4) is 0 Å². The molecule has 3 rings (SSSR count). The van der Waals surface area contributed by atoms with Crippen molar-refractivity contribution in [1.82, 2.24) is 9.88 Å². The molecule has 1 aromatic heterocycles. The molecule has 29 heavy (non-hydrogen) atoms. The monoisotopic (exact) mass is 395 g/mol. The van der Waals surface area contributed by atoms with Crippen LogP contribution in [-0.4, -0.2) is 41.4 Å². The molecule has 1 N–H and O–H groups in total. The summed E-state index contributed by atoms with van der Waals surface area (Å²) >= 11 is 0. The highest BCUT2D eigenvalue weighted by molar-refractivity contribution is 5.91. The average molecular weight is 396 g/mol. The molecule has 0 unspecified atom stereocenters. The first kappa shape index (κ1) is 20.8. The van der Waals surface area contributed by atoms with Gasteiger partial charge in [-0.15, -0.1) is 0 Å². The van der Waals surface area contributed by atoms with Gasteiger partial charge in [-0.05, 0) is 62.4 Å². The standard InChI is InChI=1S/C23H29N3O3/c1-16-4-6-18(3)20(14-16)29-13-10-22(27)26-11-8-19(9-12-26)23(28)25-21-7-5-17(2)15-24-21/h4-7,14-15,19H,8-13H2,1-3H3,(H,24,25,28). The Kier molecular flexibility index (Phi) is 6.86. The fraction of sp³-hybridized carbons (Fsp3) is 0.435. The van der Waals surface area contributed by atoms with Crippen LogP contribution in [0.5, 0.6) is 5.75 Å².